The zero-order valence-electron chi connectivity index (χ0n) is 5.91. The van der Waals surface area contributed by atoms with Gasteiger partial charge in [0.15, 0.2) is 0 Å². The van der Waals surface area contributed by atoms with E-state index in [9.17, 15) is 9.59 Å². The second-order valence-corrected chi connectivity index (χ2v) is 2.39. The van der Waals surface area contributed by atoms with Crippen LogP contribution in [0.2, 0.25) is 0 Å². The van der Waals surface area contributed by atoms with Gasteiger partial charge in [0.25, 0.3) is 0 Å². The first kappa shape index (κ1) is 9.19. The van der Waals surface area contributed by atoms with E-state index in [2.05, 4.69) is 24.7 Å². The molecule has 0 bridgehead atoms. The Hall–Kier alpha value is -0.900. The SMILES string of the molecule is O=Cc1ccc(C(=O)[O][Ag])cc1. The van der Waals surface area contributed by atoms with E-state index in [0.29, 0.717) is 17.4 Å². The molecule has 0 aliphatic carbocycles. The number of benzene rings is 1. The van der Waals surface area contributed by atoms with Gasteiger partial charge in [0.2, 0.25) is 0 Å². The Morgan fingerprint density at radius 2 is 1.92 bits per heavy atom. The summed E-state index contributed by atoms with van der Waals surface area (Å²) in [6.45, 7) is 0. The average Bonchev–Trinajstić information content (AvgIpc) is 2.17. The fraction of sp³-hybridized carbons (Fsp3) is 0. The van der Waals surface area contributed by atoms with Crippen molar-refractivity contribution in [1.29, 1.82) is 0 Å². The van der Waals surface area contributed by atoms with Crippen molar-refractivity contribution < 1.29 is 34.3 Å². The van der Waals surface area contributed by atoms with E-state index < -0.39 is 5.97 Å². The molecule has 1 rings (SSSR count). The van der Waals surface area contributed by atoms with E-state index in [0.717, 1.165) is 0 Å². The van der Waals surface area contributed by atoms with Gasteiger partial charge >= 0.3 is 81.9 Å². The molecule has 1 aromatic rings. The van der Waals surface area contributed by atoms with Crippen LogP contribution in [0, 0.1) is 0 Å². The summed E-state index contributed by atoms with van der Waals surface area (Å²) in [5.74, 6) is -0.480. The standard InChI is InChI=1S/C8H6O3.Ag/c9-5-6-1-3-7(4-2-6)8(10)11;/h1-5H,(H,10,11);/q;+1/p-1. The molecule has 4 heteroatoms. The van der Waals surface area contributed by atoms with Crippen LogP contribution in [0.1, 0.15) is 20.7 Å². The first-order valence-corrected chi connectivity index (χ1v) is 3.73. The van der Waals surface area contributed by atoms with Crippen molar-refractivity contribution in [1.82, 2.24) is 0 Å². The molecule has 0 saturated carbocycles. The van der Waals surface area contributed by atoms with Crippen LogP contribution in [-0.2, 0) is 24.7 Å². The Morgan fingerprint density at radius 1 is 1.33 bits per heavy atom. The fourth-order valence-corrected chi connectivity index (χ4v) is 0.908. The third-order valence-corrected chi connectivity index (χ3v) is 1.61. The van der Waals surface area contributed by atoms with Crippen molar-refractivity contribution in [3.05, 3.63) is 35.4 Å². The van der Waals surface area contributed by atoms with Crippen LogP contribution in [0.15, 0.2) is 24.3 Å². The summed E-state index contributed by atoms with van der Waals surface area (Å²) in [5, 5.41) is 0. The Kier molecular flexibility index (Phi) is 3.22. The first-order chi connectivity index (χ1) is 5.77. The van der Waals surface area contributed by atoms with Crippen LogP contribution in [0.3, 0.4) is 0 Å². The topological polar surface area (TPSA) is 43.4 Å². The Balaban J connectivity index is 2.91. The maximum absolute atomic E-state index is 10.9. The number of hydrogen-bond acceptors (Lipinski definition) is 3. The third-order valence-electron chi connectivity index (χ3n) is 1.34. The summed E-state index contributed by atoms with van der Waals surface area (Å²) >= 11 is 2.58. The molecule has 0 saturated heterocycles. The number of carbonyl (C=O) groups is 2. The van der Waals surface area contributed by atoms with Gasteiger partial charge in [0, 0.05) is 0 Å². The molecule has 0 amide bonds. The molecule has 0 heterocycles. The third kappa shape index (κ3) is 2.04. The molecule has 66 valence electrons. The maximum atomic E-state index is 10.9. The van der Waals surface area contributed by atoms with Gasteiger partial charge < -0.3 is 0 Å². The van der Waals surface area contributed by atoms with Crippen molar-refractivity contribution >= 4 is 12.3 Å². The van der Waals surface area contributed by atoms with Gasteiger partial charge in [0.05, 0.1) is 0 Å². The quantitative estimate of drug-likeness (QED) is 0.589. The molecule has 0 aliphatic rings. The number of aldehydes is 1. The van der Waals surface area contributed by atoms with E-state index in [-0.39, 0.29) is 0 Å². The van der Waals surface area contributed by atoms with Crippen LogP contribution >= 0.6 is 0 Å². The molecule has 0 N–H and O–H groups in total. The molecule has 1 aromatic carbocycles. The monoisotopic (exact) mass is 256 g/mol. The Labute approximate surface area is 82.1 Å². The van der Waals surface area contributed by atoms with Gasteiger partial charge in [-0.3, -0.25) is 0 Å². The molecule has 0 aromatic heterocycles. The summed E-state index contributed by atoms with van der Waals surface area (Å²) in [5.41, 5.74) is 0.928. The van der Waals surface area contributed by atoms with E-state index in [1.165, 1.54) is 12.1 Å². The molecule has 0 radical (unpaired) electrons. The van der Waals surface area contributed by atoms with Crippen molar-refractivity contribution in [2.24, 2.45) is 0 Å². The minimum atomic E-state index is -0.480. The van der Waals surface area contributed by atoms with E-state index in [1.54, 1.807) is 12.1 Å². The normalized spacial score (nSPS) is 9.17. The molecule has 12 heavy (non-hydrogen) atoms. The van der Waals surface area contributed by atoms with Crippen LogP contribution in [0.5, 0.6) is 0 Å². The van der Waals surface area contributed by atoms with Crippen LogP contribution in [-0.4, -0.2) is 12.3 Å². The molecular formula is C8H5AgO3. The second-order valence-electron chi connectivity index (χ2n) is 2.09. The summed E-state index contributed by atoms with van der Waals surface area (Å²) in [6.07, 6.45) is 0.711. The summed E-state index contributed by atoms with van der Waals surface area (Å²) in [6, 6.07) is 6.14. The van der Waals surface area contributed by atoms with Gasteiger partial charge in [-0.25, -0.2) is 0 Å². The van der Waals surface area contributed by atoms with Crippen molar-refractivity contribution in [3.8, 4) is 0 Å². The minimum absolute atomic E-state index is 0.400. The summed E-state index contributed by atoms with van der Waals surface area (Å²) in [4.78, 5) is 21.1. The number of rotatable bonds is 2. The molecule has 0 fully saturated rings. The van der Waals surface area contributed by atoms with Crippen molar-refractivity contribution in [3.63, 3.8) is 0 Å². The Bertz CT molecular complexity index is 292. The zero-order chi connectivity index (χ0) is 8.97. The van der Waals surface area contributed by atoms with Gasteiger partial charge in [-0.1, -0.05) is 0 Å². The van der Waals surface area contributed by atoms with Crippen molar-refractivity contribution in [2.45, 2.75) is 0 Å². The number of carbonyl (C=O) groups excluding carboxylic acids is 2. The molecular weight excluding hydrogens is 252 g/mol. The number of hydrogen-bond donors (Lipinski definition) is 0. The predicted octanol–water partition coefficient (Wildman–Crippen LogP) is 1.12. The molecule has 0 aliphatic heterocycles. The van der Waals surface area contributed by atoms with Crippen molar-refractivity contribution in [2.75, 3.05) is 0 Å². The molecule has 3 nitrogen and oxygen atoms in total. The summed E-state index contributed by atoms with van der Waals surface area (Å²) in [7, 11) is 0. The van der Waals surface area contributed by atoms with E-state index in [1.807, 2.05) is 0 Å². The zero-order valence-corrected chi connectivity index (χ0v) is 7.40. The molecule has 0 unspecified atom stereocenters. The van der Waals surface area contributed by atoms with E-state index >= 15 is 0 Å². The fourth-order valence-electron chi connectivity index (χ4n) is 0.733. The first-order valence-electron chi connectivity index (χ1n) is 3.13. The van der Waals surface area contributed by atoms with Gasteiger partial charge in [-0.05, 0) is 0 Å². The predicted molar refractivity (Wildman–Crippen MR) is 37.2 cm³/mol. The molecule has 0 atom stereocenters. The van der Waals surface area contributed by atoms with Crippen LogP contribution in [0.4, 0.5) is 0 Å². The average molecular weight is 257 g/mol. The Morgan fingerprint density at radius 3 is 2.33 bits per heavy atom. The van der Waals surface area contributed by atoms with E-state index in [4.69, 9.17) is 0 Å². The molecule has 0 spiro atoms. The van der Waals surface area contributed by atoms with Gasteiger partial charge in [0.1, 0.15) is 0 Å². The van der Waals surface area contributed by atoms with Crippen LogP contribution in [0.25, 0.3) is 0 Å². The van der Waals surface area contributed by atoms with Gasteiger partial charge in [-0.2, -0.15) is 0 Å². The van der Waals surface area contributed by atoms with Crippen LogP contribution < -0.4 is 0 Å². The van der Waals surface area contributed by atoms with Gasteiger partial charge in [-0.15, -0.1) is 0 Å². The summed E-state index contributed by atoms with van der Waals surface area (Å²) < 4.78 is 4.29. The second kappa shape index (κ2) is 4.21.